The van der Waals surface area contributed by atoms with Gasteiger partial charge in [-0.2, -0.15) is 0 Å². The molecule has 0 aromatic heterocycles. The predicted molar refractivity (Wildman–Crippen MR) is 432 cm³/mol. The third kappa shape index (κ3) is 79.9. The van der Waals surface area contributed by atoms with E-state index in [4.69, 9.17) is 37.0 Å². The van der Waals surface area contributed by atoms with E-state index in [1.807, 2.05) is 0 Å². The van der Waals surface area contributed by atoms with Gasteiger partial charge in [0, 0.05) is 25.7 Å². The summed E-state index contributed by atoms with van der Waals surface area (Å²) in [6.07, 6.45) is 72.2. The summed E-state index contributed by atoms with van der Waals surface area (Å²) in [5.74, 6) is -1.35. The van der Waals surface area contributed by atoms with Crippen LogP contribution in [0.3, 0.4) is 0 Å². The number of hydrogen-bond acceptors (Lipinski definition) is 15. The van der Waals surface area contributed by atoms with E-state index in [0.717, 1.165) is 95.8 Å². The predicted octanol–water partition coefficient (Wildman–Crippen LogP) is 26.4. The summed E-state index contributed by atoms with van der Waals surface area (Å²) in [6, 6.07) is 0. The number of phosphoric acid groups is 2. The molecule has 0 aliphatic heterocycles. The summed E-state index contributed by atoms with van der Waals surface area (Å²) in [4.78, 5) is 73.2. The van der Waals surface area contributed by atoms with Gasteiger partial charge in [0.05, 0.1) is 26.4 Å². The van der Waals surface area contributed by atoms with Crippen molar-refractivity contribution in [1.82, 2.24) is 0 Å². The Morgan fingerprint density at radius 3 is 0.648 bits per heavy atom. The molecule has 0 aliphatic carbocycles. The van der Waals surface area contributed by atoms with E-state index in [0.29, 0.717) is 25.7 Å². The summed E-state index contributed by atoms with van der Waals surface area (Å²) in [6.45, 7) is 7.35. The van der Waals surface area contributed by atoms with Gasteiger partial charge in [-0.05, 0) is 31.6 Å². The highest BCUT2D eigenvalue weighted by molar-refractivity contribution is 7.47. The molecule has 105 heavy (non-hydrogen) atoms. The van der Waals surface area contributed by atoms with E-state index in [1.54, 1.807) is 0 Å². The van der Waals surface area contributed by atoms with Crippen LogP contribution in [-0.2, 0) is 65.4 Å². The van der Waals surface area contributed by atoms with Crippen molar-refractivity contribution in [2.45, 2.75) is 483 Å². The number of hydrogen-bond donors (Lipinski definition) is 3. The lowest BCUT2D eigenvalue weighted by molar-refractivity contribution is -0.161. The van der Waals surface area contributed by atoms with Gasteiger partial charge in [0.1, 0.15) is 19.3 Å². The molecule has 2 unspecified atom stereocenters. The van der Waals surface area contributed by atoms with Crippen LogP contribution in [0, 0.1) is 5.92 Å². The van der Waals surface area contributed by atoms with Gasteiger partial charge in [-0.1, -0.05) is 413 Å². The number of carbonyl (C=O) groups excluding carboxylic acids is 4. The molecule has 0 bridgehead atoms. The van der Waals surface area contributed by atoms with Crippen LogP contribution in [0.5, 0.6) is 0 Å². The van der Waals surface area contributed by atoms with Gasteiger partial charge < -0.3 is 33.8 Å². The normalized spacial score (nSPS) is 13.8. The number of esters is 4. The number of carbonyl (C=O) groups is 4. The van der Waals surface area contributed by atoms with Gasteiger partial charge in [-0.25, -0.2) is 9.13 Å². The fourth-order valence-corrected chi connectivity index (χ4v) is 15.1. The van der Waals surface area contributed by atoms with Gasteiger partial charge in [0.25, 0.3) is 0 Å². The first-order valence-corrected chi connectivity index (χ1v) is 47.6. The van der Waals surface area contributed by atoms with E-state index in [-0.39, 0.29) is 25.7 Å². The van der Waals surface area contributed by atoms with E-state index in [9.17, 15) is 43.2 Å². The zero-order valence-electron chi connectivity index (χ0n) is 68.9. The average Bonchev–Trinajstić information content (AvgIpc) is 0.912. The fraction of sp³-hybridized carbons (Fsp3) is 0.953. The molecular formula is C86H168O17P2. The molecule has 0 aromatic carbocycles. The van der Waals surface area contributed by atoms with Gasteiger partial charge in [-0.3, -0.25) is 37.3 Å². The van der Waals surface area contributed by atoms with Crippen molar-refractivity contribution in [3.8, 4) is 0 Å². The van der Waals surface area contributed by atoms with Gasteiger partial charge in [0.2, 0.25) is 0 Å². The number of phosphoric ester groups is 2. The van der Waals surface area contributed by atoms with Gasteiger partial charge in [-0.15, -0.1) is 0 Å². The Morgan fingerprint density at radius 1 is 0.257 bits per heavy atom. The quantitative estimate of drug-likeness (QED) is 0.0222. The van der Waals surface area contributed by atoms with Gasteiger partial charge >= 0.3 is 39.5 Å². The topological polar surface area (TPSA) is 237 Å². The number of rotatable bonds is 86. The van der Waals surface area contributed by atoms with E-state index in [1.165, 1.54) is 289 Å². The summed E-state index contributed by atoms with van der Waals surface area (Å²) in [7, 11) is -9.93. The molecule has 0 fully saturated rings. The molecule has 5 atom stereocenters. The maximum absolute atomic E-state index is 13.1. The highest BCUT2D eigenvalue weighted by Gasteiger charge is 2.30. The standard InChI is InChI=1S/C86H168O17P2/c1-6-9-12-15-18-21-24-27-30-33-34-35-36-37-40-43-46-51-57-62-67-72-85(90)102-81(75-96-83(88)69-64-59-54-49-44-41-38-31-28-25-22-19-16-13-10-7-2)77-100-104(92,93)98-73-80(87)74-99-105(94,95)101-78-82(76-97-84(89)70-65-60-55-52-47-48-53-58-63-68-79(4)5)103-86(91)71-66-61-56-50-45-42-39-32-29-26-23-20-17-14-11-8-3/h79-82,87H,6-78H2,1-5H3,(H,92,93)(H,94,95)/t80-,81-,82-/m1/s1. The molecule has 0 spiro atoms. The van der Waals surface area contributed by atoms with Crippen molar-refractivity contribution in [1.29, 1.82) is 0 Å². The Morgan fingerprint density at radius 2 is 0.438 bits per heavy atom. The Bertz CT molecular complexity index is 2000. The second-order valence-corrected chi connectivity index (χ2v) is 34.3. The lowest BCUT2D eigenvalue weighted by atomic mass is 10.0. The van der Waals surface area contributed by atoms with Crippen LogP contribution < -0.4 is 0 Å². The Balaban J connectivity index is 5.24. The SMILES string of the molecule is CCCCCCCCCCCCCCCCCCCCCCCC(=O)O[C@H](COC(=O)CCCCCCCCCCCCCCCCCC)COP(=O)(O)OC[C@@H](O)COP(=O)(O)OC[C@@H](COC(=O)CCCCCCCCCCCC(C)C)OC(=O)CCCCCCCCCCCCCCCCCC. The molecule has 17 nitrogen and oxygen atoms in total. The first-order valence-electron chi connectivity index (χ1n) is 44.6. The second-order valence-electron chi connectivity index (χ2n) is 31.4. The molecule has 0 saturated carbocycles. The molecular weight excluding hydrogens is 1370 g/mol. The third-order valence-electron chi connectivity index (χ3n) is 20.3. The minimum absolute atomic E-state index is 0.108. The Labute approximate surface area is 645 Å². The van der Waals surface area contributed by atoms with Crippen molar-refractivity contribution >= 4 is 39.5 Å². The molecule has 0 aromatic rings. The monoisotopic (exact) mass is 1540 g/mol. The molecule has 0 aliphatic rings. The van der Waals surface area contributed by atoms with Crippen LogP contribution in [-0.4, -0.2) is 96.7 Å². The van der Waals surface area contributed by atoms with Crippen molar-refractivity contribution < 1.29 is 80.2 Å². The molecule has 0 saturated heterocycles. The summed E-state index contributed by atoms with van der Waals surface area (Å²) in [5.41, 5.74) is 0. The average molecular weight is 1540 g/mol. The lowest BCUT2D eigenvalue weighted by Gasteiger charge is -2.21. The maximum atomic E-state index is 13.1. The number of ether oxygens (including phenoxy) is 4. The highest BCUT2D eigenvalue weighted by atomic mass is 31.2. The molecule has 19 heteroatoms. The van der Waals surface area contributed by atoms with Crippen LogP contribution in [0.1, 0.15) is 465 Å². The van der Waals surface area contributed by atoms with E-state index < -0.39 is 97.5 Å². The first-order chi connectivity index (χ1) is 51.0. The molecule has 3 N–H and O–H groups in total. The Hall–Kier alpha value is -1.94. The maximum Gasteiger partial charge on any atom is 0.472 e. The summed E-state index contributed by atoms with van der Waals surface area (Å²) in [5, 5.41) is 10.7. The summed E-state index contributed by atoms with van der Waals surface area (Å²) >= 11 is 0. The Kier molecular flexibility index (Phi) is 77.3. The van der Waals surface area contributed by atoms with E-state index >= 15 is 0 Å². The molecule has 0 heterocycles. The number of aliphatic hydroxyl groups is 1. The minimum Gasteiger partial charge on any atom is -0.462 e. The molecule has 0 radical (unpaired) electrons. The van der Waals surface area contributed by atoms with Crippen molar-refractivity contribution in [3.63, 3.8) is 0 Å². The molecule has 624 valence electrons. The first kappa shape index (κ1) is 103. The minimum atomic E-state index is -4.97. The number of aliphatic hydroxyl groups excluding tert-OH is 1. The molecule has 0 rings (SSSR count). The lowest BCUT2D eigenvalue weighted by Crippen LogP contribution is -2.30. The largest absolute Gasteiger partial charge is 0.472 e. The zero-order chi connectivity index (χ0) is 76.9. The highest BCUT2D eigenvalue weighted by Crippen LogP contribution is 2.45. The molecule has 0 amide bonds. The smallest absolute Gasteiger partial charge is 0.462 e. The van der Waals surface area contributed by atoms with Crippen LogP contribution in [0.15, 0.2) is 0 Å². The van der Waals surface area contributed by atoms with Crippen molar-refractivity contribution in [2.75, 3.05) is 39.6 Å². The zero-order valence-corrected chi connectivity index (χ0v) is 70.7. The second kappa shape index (κ2) is 78.7. The van der Waals surface area contributed by atoms with Gasteiger partial charge in [0.15, 0.2) is 12.2 Å². The third-order valence-corrected chi connectivity index (χ3v) is 22.2. The van der Waals surface area contributed by atoms with Crippen molar-refractivity contribution in [2.24, 2.45) is 5.92 Å². The summed E-state index contributed by atoms with van der Waals surface area (Å²) < 4.78 is 68.9. The number of unbranched alkanes of at least 4 members (excludes halogenated alkanes) is 58. The van der Waals surface area contributed by atoms with Crippen LogP contribution >= 0.6 is 15.6 Å². The van der Waals surface area contributed by atoms with Crippen LogP contribution in [0.2, 0.25) is 0 Å². The van der Waals surface area contributed by atoms with Crippen LogP contribution in [0.4, 0.5) is 0 Å². The fourth-order valence-electron chi connectivity index (χ4n) is 13.5. The van der Waals surface area contributed by atoms with Crippen molar-refractivity contribution in [3.05, 3.63) is 0 Å². The van der Waals surface area contributed by atoms with Crippen LogP contribution in [0.25, 0.3) is 0 Å². The van der Waals surface area contributed by atoms with E-state index in [2.05, 4.69) is 34.6 Å².